The quantitative estimate of drug-likeness (QED) is 0.0786. The number of pyridine rings is 1. The number of esters is 2. The molecule has 2 aromatic rings. The van der Waals surface area contributed by atoms with Crippen LogP contribution in [-0.2, 0) is 57.0 Å². The highest BCUT2D eigenvalue weighted by atomic mass is 35.5. The van der Waals surface area contributed by atoms with Crippen LogP contribution < -0.4 is 10.7 Å². The Balaban J connectivity index is 1.07. The number of carboxylic acids is 1. The van der Waals surface area contributed by atoms with E-state index in [9.17, 15) is 39.3 Å². The molecule has 450 valence electrons. The van der Waals surface area contributed by atoms with Crippen molar-refractivity contribution < 1.29 is 81.9 Å². The van der Waals surface area contributed by atoms with Crippen LogP contribution in [-0.4, -0.2) is 199 Å². The predicted molar refractivity (Wildman–Crippen MR) is 294 cm³/mol. The lowest BCUT2D eigenvalue weighted by Gasteiger charge is -2.49. The SMILES string of the molecule is CC[C@@H]1OC(=O)[C@H](C)[C@@H](O[C@H]2C[C@@](C)(OC)[C@@H](OC(=O)CCOCCNc3cc4c(=O)c(C(=O)O)cn(C5CC5)c4cc3Cl)[C@H](C)O2)[C@@H](C)[C@@H](O[C@@H]2O[C@H](C)C[C@H](N(C)C)[C@H]2O)[C@](C)(O)C[C@H](C)CN(C)[C@H](C)[C@H]2OC(=O)O[C@@]12C. The smallest absolute Gasteiger partial charge is 0.477 e. The molecule has 0 radical (unpaired) electrons. The van der Waals surface area contributed by atoms with Crippen molar-refractivity contribution in [1.82, 2.24) is 14.4 Å². The number of nitrogens with one attached hydrogen (secondary N) is 1. The largest absolute Gasteiger partial charge is 0.509 e. The van der Waals surface area contributed by atoms with Crippen LogP contribution in [0.15, 0.2) is 23.1 Å². The number of aliphatic hydroxyl groups excluding tert-OH is 1. The molecule has 7 rings (SSSR count). The third-order valence-corrected chi connectivity index (χ3v) is 17.5. The second-order valence-corrected chi connectivity index (χ2v) is 24.4. The molecule has 1 saturated carbocycles. The Kier molecular flexibility index (Phi) is 20.4. The number of benzene rings is 1. The van der Waals surface area contributed by atoms with Crippen molar-refractivity contribution in [2.45, 2.75) is 211 Å². The van der Waals surface area contributed by atoms with Crippen molar-refractivity contribution >= 4 is 52.3 Å². The van der Waals surface area contributed by atoms with Gasteiger partial charge in [-0.1, -0.05) is 32.4 Å². The Morgan fingerprint density at radius 1 is 0.963 bits per heavy atom. The molecule has 0 spiro atoms. The van der Waals surface area contributed by atoms with Crippen molar-refractivity contribution in [1.29, 1.82) is 0 Å². The summed E-state index contributed by atoms with van der Waals surface area (Å²) in [6.45, 7) is 18.8. The molecule has 4 saturated heterocycles. The zero-order valence-corrected chi connectivity index (χ0v) is 49.7. The Morgan fingerprint density at radius 3 is 2.30 bits per heavy atom. The van der Waals surface area contributed by atoms with Crippen molar-refractivity contribution in [3.05, 3.63) is 39.1 Å². The molecule has 18 atom stereocenters. The number of carbonyl (C=O) groups is 4. The fourth-order valence-corrected chi connectivity index (χ4v) is 12.8. The molecule has 22 nitrogen and oxygen atoms in total. The number of fused-ring (bicyclic) bond motifs is 2. The molecule has 1 aromatic heterocycles. The van der Waals surface area contributed by atoms with Crippen LogP contribution >= 0.6 is 11.6 Å². The van der Waals surface area contributed by atoms with Crippen molar-refractivity contribution in [2.75, 3.05) is 59.9 Å². The van der Waals surface area contributed by atoms with Crippen LogP contribution in [0.1, 0.15) is 131 Å². The molecule has 4 N–H and O–H groups in total. The highest BCUT2D eigenvalue weighted by molar-refractivity contribution is 6.34. The molecule has 0 bridgehead atoms. The first-order chi connectivity index (χ1) is 37.5. The monoisotopic (exact) mass is 1150 g/mol. The minimum atomic E-state index is -1.64. The van der Waals surface area contributed by atoms with E-state index < -0.39 is 119 Å². The van der Waals surface area contributed by atoms with Gasteiger partial charge in [0.25, 0.3) is 0 Å². The number of hydrogen-bond donors (Lipinski definition) is 4. The summed E-state index contributed by atoms with van der Waals surface area (Å²) in [7, 11) is 7.13. The van der Waals surface area contributed by atoms with E-state index in [0.717, 1.165) is 12.8 Å². The molecule has 4 aliphatic heterocycles. The van der Waals surface area contributed by atoms with E-state index in [0.29, 0.717) is 29.2 Å². The van der Waals surface area contributed by atoms with Crippen LogP contribution in [0, 0.1) is 17.8 Å². The molecule has 0 unspecified atom stereocenters. The third kappa shape index (κ3) is 13.9. The number of ether oxygens (including phenoxy) is 10. The number of aromatic nitrogens is 1. The van der Waals surface area contributed by atoms with Crippen molar-refractivity contribution in [3.8, 4) is 0 Å². The van der Waals surface area contributed by atoms with Gasteiger partial charge in [-0.2, -0.15) is 0 Å². The minimum absolute atomic E-state index is 0.00170. The van der Waals surface area contributed by atoms with Crippen LogP contribution in [0.2, 0.25) is 5.02 Å². The summed E-state index contributed by atoms with van der Waals surface area (Å²) in [6, 6.07) is 2.57. The first-order valence-electron chi connectivity index (χ1n) is 28.2. The summed E-state index contributed by atoms with van der Waals surface area (Å²) in [5, 5.41) is 38.1. The molecule has 80 heavy (non-hydrogen) atoms. The second kappa shape index (κ2) is 25.7. The van der Waals surface area contributed by atoms with Gasteiger partial charge >= 0.3 is 24.1 Å². The number of halogens is 1. The zero-order chi connectivity index (χ0) is 58.9. The van der Waals surface area contributed by atoms with Gasteiger partial charge in [-0.15, -0.1) is 0 Å². The van der Waals surface area contributed by atoms with Gasteiger partial charge in [-0.05, 0) is 120 Å². The van der Waals surface area contributed by atoms with Gasteiger partial charge < -0.3 is 77.5 Å². The maximum atomic E-state index is 14.8. The molecule has 1 aliphatic carbocycles. The number of methoxy groups -OCH3 is 1. The van der Waals surface area contributed by atoms with E-state index >= 15 is 0 Å². The third-order valence-electron chi connectivity index (χ3n) is 17.2. The molecule has 5 aliphatic rings. The number of aromatic carboxylic acids is 1. The number of aliphatic hydroxyl groups is 2. The van der Waals surface area contributed by atoms with Crippen LogP contribution in [0.25, 0.3) is 10.9 Å². The zero-order valence-electron chi connectivity index (χ0n) is 48.9. The number of rotatable bonds is 17. The summed E-state index contributed by atoms with van der Waals surface area (Å²) in [4.78, 5) is 70.3. The van der Waals surface area contributed by atoms with Gasteiger partial charge in [-0.25, -0.2) is 9.59 Å². The lowest BCUT2D eigenvalue weighted by atomic mass is 9.77. The predicted octanol–water partition coefficient (Wildman–Crippen LogP) is 6.15. The Morgan fingerprint density at radius 2 is 1.66 bits per heavy atom. The number of anilines is 1. The molecule has 5 heterocycles. The maximum absolute atomic E-state index is 14.8. The van der Waals surface area contributed by atoms with E-state index in [1.54, 1.807) is 51.3 Å². The molecular weight excluding hydrogens is 1060 g/mol. The highest BCUT2D eigenvalue weighted by Crippen LogP contribution is 2.43. The molecule has 1 aromatic carbocycles. The number of likely N-dealkylation sites (N-methyl/N-ethyl adjacent to an activating group) is 2. The highest BCUT2D eigenvalue weighted by Gasteiger charge is 2.58. The Bertz CT molecular complexity index is 2580. The van der Waals surface area contributed by atoms with Gasteiger partial charge in [0.2, 0.25) is 5.43 Å². The number of cyclic esters (lactones) is 1. The van der Waals surface area contributed by atoms with Gasteiger partial charge in [0, 0.05) is 62.2 Å². The number of hydrogen-bond acceptors (Lipinski definition) is 20. The summed E-state index contributed by atoms with van der Waals surface area (Å²) in [5.41, 5.74) is -4.13. The molecule has 23 heteroatoms. The number of nitrogens with zero attached hydrogens (tertiary/aromatic N) is 3. The standard InChI is InChI=1S/C57H87ClN4O18/c1-15-42-57(10)49(79-54(69)80-57)33(6)61(13)27-29(2)25-55(8,70)48(78-53-46(65)41(60(11)12)22-30(3)73-53)31(4)47(32(5)52(68)75-42)77-44-26-56(9,71-14)50(34(7)74-44)76-43(63)18-20-72-21-19-59-39-23-36-40(24-38(39)58)62(35-16-17-35)28-37(45(36)64)51(66)67/h23-24,28-35,41-42,44,46-50,53,59,65,70H,15-22,25-27H2,1-14H3,(H,66,67)/t29-,30+,31+,32+,33+,34-,41-,42-,44-,46+,47-,48+,49+,50-,53-,55+,56+,57-/m0/s1. The lowest BCUT2D eigenvalue weighted by Crippen LogP contribution is -2.61. The van der Waals surface area contributed by atoms with Gasteiger partial charge in [0.05, 0.1) is 71.8 Å². The van der Waals surface area contributed by atoms with Crippen LogP contribution in [0.3, 0.4) is 0 Å². The fraction of sp³-hybridized carbons (Fsp3) is 0.772. The first-order valence-corrected chi connectivity index (χ1v) is 28.6. The minimum Gasteiger partial charge on any atom is -0.477 e. The second-order valence-electron chi connectivity index (χ2n) is 24.0. The number of carbonyl (C=O) groups excluding carboxylic acids is 3. The van der Waals surface area contributed by atoms with Gasteiger partial charge in [-0.3, -0.25) is 19.3 Å². The average molecular weight is 1150 g/mol. The van der Waals surface area contributed by atoms with E-state index in [1.807, 2.05) is 65.6 Å². The average Bonchev–Trinajstić information content (AvgIpc) is 4.35. The van der Waals surface area contributed by atoms with E-state index in [1.165, 1.54) is 13.3 Å². The molecular formula is C57H87ClN4O18. The molecule has 0 amide bonds. The summed E-state index contributed by atoms with van der Waals surface area (Å²) < 4.78 is 64.5. The van der Waals surface area contributed by atoms with E-state index in [2.05, 4.69) is 5.32 Å². The van der Waals surface area contributed by atoms with Crippen molar-refractivity contribution in [3.63, 3.8) is 0 Å². The van der Waals surface area contributed by atoms with E-state index in [-0.39, 0.29) is 80.5 Å². The summed E-state index contributed by atoms with van der Waals surface area (Å²) in [5.74, 6) is -4.69. The summed E-state index contributed by atoms with van der Waals surface area (Å²) in [6.07, 6.45) is -6.31. The topological polar surface area (TPSA) is 262 Å². The maximum Gasteiger partial charge on any atom is 0.509 e. The van der Waals surface area contributed by atoms with Crippen LogP contribution in [0.4, 0.5) is 10.5 Å². The lowest BCUT2D eigenvalue weighted by molar-refractivity contribution is -0.318. The van der Waals surface area contributed by atoms with E-state index in [4.69, 9.17) is 59.0 Å². The van der Waals surface area contributed by atoms with Gasteiger partial charge in [0.15, 0.2) is 30.4 Å². The first kappa shape index (κ1) is 63.4. The normalized spacial score (nSPS) is 37.7. The Labute approximate surface area is 474 Å². The fourth-order valence-electron chi connectivity index (χ4n) is 12.6. The molecule has 5 fully saturated rings. The van der Waals surface area contributed by atoms with Crippen molar-refractivity contribution in [2.24, 2.45) is 17.8 Å². The number of carboxylic acid groups (broad SMARTS) is 1. The van der Waals surface area contributed by atoms with Crippen LogP contribution in [0.5, 0.6) is 0 Å². The summed E-state index contributed by atoms with van der Waals surface area (Å²) >= 11 is 6.63. The Hall–Kier alpha value is -4.20. The van der Waals surface area contributed by atoms with Gasteiger partial charge in [0.1, 0.15) is 23.4 Å².